The van der Waals surface area contributed by atoms with Crippen molar-refractivity contribution in [2.75, 3.05) is 0 Å². The molecule has 88 valence electrons. The van der Waals surface area contributed by atoms with Crippen molar-refractivity contribution in [2.45, 2.75) is 19.4 Å². The number of aromatic nitrogens is 5. The number of hydrogen-bond acceptors (Lipinski definition) is 5. The molecule has 0 radical (unpaired) electrons. The zero-order valence-electron chi connectivity index (χ0n) is 9.29. The first-order chi connectivity index (χ1) is 8.25. The maximum atomic E-state index is 11.7. The molecule has 1 atom stereocenters. The van der Waals surface area contributed by atoms with Crippen LogP contribution in [0.2, 0.25) is 0 Å². The fraction of sp³-hybridized carbons (Fsp3) is 0.300. The molecule has 0 saturated heterocycles. The van der Waals surface area contributed by atoms with E-state index in [4.69, 9.17) is 0 Å². The highest BCUT2D eigenvalue weighted by Crippen LogP contribution is 2.04. The summed E-state index contributed by atoms with van der Waals surface area (Å²) >= 11 is 0. The van der Waals surface area contributed by atoms with Crippen LogP contribution in [-0.4, -0.2) is 31.5 Å². The van der Waals surface area contributed by atoms with Crippen molar-refractivity contribution < 1.29 is 4.79 Å². The Hall–Kier alpha value is -2.31. The van der Waals surface area contributed by atoms with Gasteiger partial charge in [-0.2, -0.15) is 5.21 Å². The number of aromatic amines is 1. The van der Waals surface area contributed by atoms with Gasteiger partial charge in [-0.15, -0.1) is 10.2 Å². The normalized spacial score (nSPS) is 12.1. The zero-order chi connectivity index (χ0) is 12.1. The molecule has 1 unspecified atom stereocenters. The highest BCUT2D eigenvalue weighted by Gasteiger charge is 2.13. The van der Waals surface area contributed by atoms with Gasteiger partial charge in [-0.1, -0.05) is 11.3 Å². The lowest BCUT2D eigenvalue weighted by Crippen LogP contribution is -2.28. The molecule has 0 bridgehead atoms. The van der Waals surface area contributed by atoms with Crippen LogP contribution in [0.3, 0.4) is 0 Å². The molecule has 2 aromatic rings. The summed E-state index contributed by atoms with van der Waals surface area (Å²) in [4.78, 5) is 15.6. The Kier molecular flexibility index (Phi) is 3.39. The standard InChI is InChI=1S/C10H12N6O/c1-7(10-13-15-16-14-10)12-9(17)5-8-3-2-4-11-6-8/h2-4,6-7H,5H2,1H3,(H,12,17)(H,13,14,15,16). The minimum absolute atomic E-state index is 0.102. The van der Waals surface area contributed by atoms with Gasteiger partial charge in [0.2, 0.25) is 5.91 Å². The number of carbonyl (C=O) groups excluding carboxylic acids is 1. The number of pyridine rings is 1. The lowest BCUT2D eigenvalue weighted by atomic mass is 10.2. The molecule has 2 heterocycles. The molecule has 1 amide bonds. The molecule has 0 aliphatic rings. The molecule has 7 nitrogen and oxygen atoms in total. The number of H-pyrrole nitrogens is 1. The van der Waals surface area contributed by atoms with Crippen LogP contribution < -0.4 is 5.32 Å². The number of amides is 1. The number of rotatable bonds is 4. The molecule has 0 aromatic carbocycles. The minimum atomic E-state index is -0.266. The van der Waals surface area contributed by atoms with E-state index in [2.05, 4.69) is 30.9 Å². The monoisotopic (exact) mass is 232 g/mol. The maximum absolute atomic E-state index is 11.7. The highest BCUT2D eigenvalue weighted by molar-refractivity contribution is 5.78. The van der Waals surface area contributed by atoms with Crippen LogP contribution in [0.15, 0.2) is 24.5 Å². The van der Waals surface area contributed by atoms with Gasteiger partial charge in [0.15, 0.2) is 5.82 Å². The van der Waals surface area contributed by atoms with Gasteiger partial charge in [-0.25, -0.2) is 0 Å². The second kappa shape index (κ2) is 5.15. The number of tetrazole rings is 1. The van der Waals surface area contributed by atoms with E-state index in [-0.39, 0.29) is 18.4 Å². The minimum Gasteiger partial charge on any atom is -0.346 e. The molecular weight excluding hydrogens is 220 g/mol. The van der Waals surface area contributed by atoms with E-state index >= 15 is 0 Å². The predicted octanol–water partition coefficient (Wildman–Crippen LogP) is 0.0146. The molecule has 7 heteroatoms. The molecule has 0 spiro atoms. The molecule has 0 saturated carbocycles. The number of nitrogens with zero attached hydrogens (tertiary/aromatic N) is 4. The van der Waals surface area contributed by atoms with Crippen molar-refractivity contribution in [1.82, 2.24) is 30.9 Å². The molecule has 0 aliphatic carbocycles. The van der Waals surface area contributed by atoms with Gasteiger partial charge in [-0.05, 0) is 18.6 Å². The Balaban J connectivity index is 1.90. The molecule has 2 N–H and O–H groups in total. The van der Waals surface area contributed by atoms with Crippen molar-refractivity contribution in [3.8, 4) is 0 Å². The summed E-state index contributed by atoms with van der Waals surface area (Å²) < 4.78 is 0. The van der Waals surface area contributed by atoms with E-state index in [9.17, 15) is 4.79 Å². The largest absolute Gasteiger partial charge is 0.346 e. The van der Waals surface area contributed by atoms with E-state index in [0.717, 1.165) is 5.56 Å². The predicted molar refractivity (Wildman–Crippen MR) is 58.7 cm³/mol. The summed E-state index contributed by atoms with van der Waals surface area (Å²) in [5.74, 6) is 0.361. The van der Waals surface area contributed by atoms with E-state index in [1.807, 2.05) is 6.07 Å². The van der Waals surface area contributed by atoms with E-state index < -0.39 is 0 Å². The highest BCUT2D eigenvalue weighted by atomic mass is 16.1. The molecule has 0 aliphatic heterocycles. The Labute approximate surface area is 97.7 Å². The van der Waals surface area contributed by atoms with E-state index in [1.165, 1.54) is 0 Å². The third kappa shape index (κ3) is 3.07. The third-order valence-corrected chi connectivity index (χ3v) is 2.21. The van der Waals surface area contributed by atoms with Crippen molar-refractivity contribution in [3.63, 3.8) is 0 Å². The van der Waals surface area contributed by atoms with Crippen molar-refractivity contribution in [2.24, 2.45) is 0 Å². The first-order valence-electron chi connectivity index (χ1n) is 5.17. The second-order valence-electron chi connectivity index (χ2n) is 3.60. The SMILES string of the molecule is CC(NC(=O)Cc1cccnc1)c1nn[nH]n1. The van der Waals surface area contributed by atoms with Gasteiger partial charge < -0.3 is 5.32 Å². The molecular formula is C10H12N6O. The Bertz CT molecular complexity index is 469. The number of carbonyl (C=O) groups is 1. The third-order valence-electron chi connectivity index (χ3n) is 2.21. The van der Waals surface area contributed by atoms with E-state index in [0.29, 0.717) is 5.82 Å². The van der Waals surface area contributed by atoms with Crippen molar-refractivity contribution >= 4 is 5.91 Å². The van der Waals surface area contributed by atoms with Crippen LogP contribution in [0.1, 0.15) is 24.4 Å². The van der Waals surface area contributed by atoms with Gasteiger partial charge >= 0.3 is 0 Å². The van der Waals surface area contributed by atoms with Crippen LogP contribution in [-0.2, 0) is 11.2 Å². The van der Waals surface area contributed by atoms with Gasteiger partial charge in [0.1, 0.15) is 0 Å². The molecule has 0 fully saturated rings. The summed E-state index contributed by atoms with van der Waals surface area (Å²) in [6.07, 6.45) is 3.62. The number of nitrogens with one attached hydrogen (secondary N) is 2. The topological polar surface area (TPSA) is 96.5 Å². The molecule has 2 rings (SSSR count). The molecule has 2 aromatic heterocycles. The zero-order valence-corrected chi connectivity index (χ0v) is 9.29. The smallest absolute Gasteiger partial charge is 0.225 e. The summed E-state index contributed by atoms with van der Waals surface area (Å²) in [7, 11) is 0. The summed E-state index contributed by atoms with van der Waals surface area (Å²) in [5.41, 5.74) is 0.866. The Morgan fingerprint density at radius 1 is 1.59 bits per heavy atom. The number of hydrogen-bond donors (Lipinski definition) is 2. The van der Waals surface area contributed by atoms with Crippen LogP contribution in [0.5, 0.6) is 0 Å². The van der Waals surface area contributed by atoms with Gasteiger partial charge in [0.05, 0.1) is 12.5 Å². The quantitative estimate of drug-likeness (QED) is 0.774. The first-order valence-corrected chi connectivity index (χ1v) is 5.17. The first kappa shape index (κ1) is 11.2. The maximum Gasteiger partial charge on any atom is 0.225 e. The van der Waals surface area contributed by atoms with Gasteiger partial charge in [-0.3, -0.25) is 9.78 Å². The summed E-state index contributed by atoms with van der Waals surface area (Å²) in [6.45, 7) is 1.80. The fourth-order valence-electron chi connectivity index (χ4n) is 1.40. The van der Waals surface area contributed by atoms with Gasteiger partial charge in [0.25, 0.3) is 0 Å². The van der Waals surface area contributed by atoms with E-state index in [1.54, 1.807) is 25.4 Å². The lowest BCUT2D eigenvalue weighted by molar-refractivity contribution is -0.121. The van der Waals surface area contributed by atoms with Crippen LogP contribution in [0.4, 0.5) is 0 Å². The average Bonchev–Trinajstić information content (AvgIpc) is 2.83. The Morgan fingerprint density at radius 2 is 2.47 bits per heavy atom. The second-order valence-corrected chi connectivity index (χ2v) is 3.60. The van der Waals surface area contributed by atoms with Gasteiger partial charge in [0, 0.05) is 12.4 Å². The summed E-state index contributed by atoms with van der Waals surface area (Å²) in [6, 6.07) is 3.38. The molecule has 17 heavy (non-hydrogen) atoms. The Morgan fingerprint density at radius 3 is 3.12 bits per heavy atom. The van der Waals surface area contributed by atoms with Crippen molar-refractivity contribution in [3.05, 3.63) is 35.9 Å². The summed E-state index contributed by atoms with van der Waals surface area (Å²) in [5, 5.41) is 16.2. The van der Waals surface area contributed by atoms with Crippen LogP contribution >= 0.6 is 0 Å². The van der Waals surface area contributed by atoms with Crippen LogP contribution in [0, 0.1) is 0 Å². The van der Waals surface area contributed by atoms with Crippen LogP contribution in [0.25, 0.3) is 0 Å². The average molecular weight is 232 g/mol. The van der Waals surface area contributed by atoms with Crippen molar-refractivity contribution in [1.29, 1.82) is 0 Å². The lowest BCUT2D eigenvalue weighted by Gasteiger charge is -2.09. The fourth-order valence-corrected chi connectivity index (χ4v) is 1.40.